The summed E-state index contributed by atoms with van der Waals surface area (Å²) < 4.78 is 18.5. The molecule has 0 aliphatic rings. The summed E-state index contributed by atoms with van der Waals surface area (Å²) in [5, 5.41) is 0. The minimum absolute atomic E-state index is 0.243. The Bertz CT molecular complexity index is 382. The number of hydrogen-bond donors (Lipinski definition) is 1. The zero-order valence-electron chi connectivity index (χ0n) is 11.6. The number of benzene rings is 1. The van der Waals surface area contributed by atoms with E-state index in [2.05, 4.69) is 18.7 Å². The molecule has 0 fully saturated rings. The molecule has 102 valence electrons. The lowest BCUT2D eigenvalue weighted by molar-refractivity contribution is 0.188. The fourth-order valence-corrected chi connectivity index (χ4v) is 2.22. The molecule has 0 aliphatic carbocycles. The Balaban J connectivity index is 2.86. The fourth-order valence-electron chi connectivity index (χ4n) is 2.22. The third-order valence-electron chi connectivity index (χ3n) is 3.24. The van der Waals surface area contributed by atoms with E-state index in [1.807, 2.05) is 7.05 Å². The van der Waals surface area contributed by atoms with E-state index in [0.29, 0.717) is 24.8 Å². The molecule has 0 amide bonds. The van der Waals surface area contributed by atoms with Crippen LogP contribution in [0.25, 0.3) is 0 Å². The van der Waals surface area contributed by atoms with Gasteiger partial charge in [0, 0.05) is 24.7 Å². The molecule has 1 unspecified atom stereocenters. The number of likely N-dealkylation sites (N-methyl/N-ethyl adjacent to an activating group) is 1. The standard InChI is InChI=1S/C14H23FN2O/c1-10(2)13(8-16)17(3)9-11-7-12(15)5-6-14(11)18-4/h5-7,10,13H,8-9,16H2,1-4H3. The number of rotatable bonds is 6. The van der Waals surface area contributed by atoms with Gasteiger partial charge in [0.05, 0.1) is 7.11 Å². The van der Waals surface area contributed by atoms with Gasteiger partial charge >= 0.3 is 0 Å². The Hall–Kier alpha value is -1.13. The molecule has 0 saturated carbocycles. The monoisotopic (exact) mass is 254 g/mol. The lowest BCUT2D eigenvalue weighted by Gasteiger charge is -2.30. The van der Waals surface area contributed by atoms with Gasteiger partial charge in [-0.25, -0.2) is 4.39 Å². The summed E-state index contributed by atoms with van der Waals surface area (Å²) >= 11 is 0. The lowest BCUT2D eigenvalue weighted by atomic mass is 10.0. The van der Waals surface area contributed by atoms with E-state index in [4.69, 9.17) is 10.5 Å². The average molecular weight is 254 g/mol. The van der Waals surface area contributed by atoms with Crippen LogP contribution < -0.4 is 10.5 Å². The largest absolute Gasteiger partial charge is 0.496 e. The first-order valence-corrected chi connectivity index (χ1v) is 6.22. The summed E-state index contributed by atoms with van der Waals surface area (Å²) in [5.41, 5.74) is 6.63. The van der Waals surface area contributed by atoms with Gasteiger partial charge in [0.2, 0.25) is 0 Å². The maximum atomic E-state index is 13.3. The van der Waals surface area contributed by atoms with Crippen LogP contribution in [0.2, 0.25) is 0 Å². The number of nitrogens with zero attached hydrogens (tertiary/aromatic N) is 1. The van der Waals surface area contributed by atoms with Crippen LogP contribution in [0.4, 0.5) is 4.39 Å². The zero-order valence-corrected chi connectivity index (χ0v) is 11.6. The van der Waals surface area contributed by atoms with Gasteiger partial charge in [-0.3, -0.25) is 4.90 Å². The van der Waals surface area contributed by atoms with Gasteiger partial charge < -0.3 is 10.5 Å². The van der Waals surface area contributed by atoms with Crippen molar-refractivity contribution in [3.63, 3.8) is 0 Å². The second kappa shape index (κ2) is 6.71. The van der Waals surface area contributed by atoms with Crippen molar-refractivity contribution in [2.24, 2.45) is 11.7 Å². The van der Waals surface area contributed by atoms with Crippen molar-refractivity contribution in [1.82, 2.24) is 4.90 Å². The number of hydrogen-bond acceptors (Lipinski definition) is 3. The van der Waals surface area contributed by atoms with E-state index in [9.17, 15) is 4.39 Å². The van der Waals surface area contributed by atoms with E-state index in [-0.39, 0.29) is 11.9 Å². The van der Waals surface area contributed by atoms with Crippen molar-refractivity contribution in [3.8, 4) is 5.75 Å². The summed E-state index contributed by atoms with van der Waals surface area (Å²) in [6.07, 6.45) is 0. The Kier molecular flexibility index (Phi) is 5.56. The molecule has 0 saturated heterocycles. The smallest absolute Gasteiger partial charge is 0.123 e. The first-order chi connectivity index (χ1) is 8.49. The SMILES string of the molecule is COc1ccc(F)cc1CN(C)C(CN)C(C)C. The zero-order chi connectivity index (χ0) is 13.7. The Morgan fingerprint density at radius 1 is 1.39 bits per heavy atom. The Labute approximate surface area is 109 Å². The molecule has 3 nitrogen and oxygen atoms in total. The van der Waals surface area contributed by atoms with Gasteiger partial charge in [-0.15, -0.1) is 0 Å². The maximum absolute atomic E-state index is 13.3. The van der Waals surface area contributed by atoms with E-state index >= 15 is 0 Å². The molecule has 1 aromatic rings. The molecular weight excluding hydrogens is 231 g/mol. The van der Waals surface area contributed by atoms with Crippen LogP contribution in [0.15, 0.2) is 18.2 Å². The van der Waals surface area contributed by atoms with Crippen molar-refractivity contribution in [1.29, 1.82) is 0 Å². The van der Waals surface area contributed by atoms with Gasteiger partial charge in [-0.2, -0.15) is 0 Å². The lowest BCUT2D eigenvalue weighted by Crippen LogP contribution is -2.41. The van der Waals surface area contributed by atoms with Gasteiger partial charge in [-0.05, 0) is 31.2 Å². The molecule has 2 N–H and O–H groups in total. The summed E-state index contributed by atoms with van der Waals surface area (Å²) in [4.78, 5) is 2.14. The molecule has 4 heteroatoms. The van der Waals surface area contributed by atoms with Gasteiger partial charge in [0.1, 0.15) is 11.6 Å². The maximum Gasteiger partial charge on any atom is 0.123 e. The van der Waals surface area contributed by atoms with E-state index in [0.717, 1.165) is 5.56 Å². The summed E-state index contributed by atoms with van der Waals surface area (Å²) in [6.45, 7) is 5.49. The molecule has 0 spiro atoms. The molecule has 18 heavy (non-hydrogen) atoms. The topological polar surface area (TPSA) is 38.5 Å². The van der Waals surface area contributed by atoms with Crippen LogP contribution in [0.3, 0.4) is 0 Å². The molecule has 0 heterocycles. The average Bonchev–Trinajstić information content (AvgIpc) is 2.29. The molecular formula is C14H23FN2O. The number of ether oxygens (including phenoxy) is 1. The predicted octanol–water partition coefficient (Wildman–Crippen LogP) is 2.25. The minimum Gasteiger partial charge on any atom is -0.496 e. The van der Waals surface area contributed by atoms with Crippen LogP contribution in [0.5, 0.6) is 5.75 Å². The first kappa shape index (κ1) is 14.9. The van der Waals surface area contributed by atoms with Crippen molar-refractivity contribution < 1.29 is 9.13 Å². The van der Waals surface area contributed by atoms with Gasteiger partial charge in [0.25, 0.3) is 0 Å². The predicted molar refractivity (Wildman–Crippen MR) is 72.1 cm³/mol. The third-order valence-corrected chi connectivity index (χ3v) is 3.24. The second-order valence-electron chi connectivity index (χ2n) is 4.92. The normalized spacial score (nSPS) is 13.1. The van der Waals surface area contributed by atoms with E-state index < -0.39 is 0 Å². The Morgan fingerprint density at radius 2 is 2.06 bits per heavy atom. The van der Waals surface area contributed by atoms with Crippen molar-refractivity contribution in [2.75, 3.05) is 20.7 Å². The highest BCUT2D eigenvalue weighted by Gasteiger charge is 2.18. The number of nitrogens with two attached hydrogens (primary N) is 1. The van der Waals surface area contributed by atoms with Crippen LogP contribution in [0, 0.1) is 11.7 Å². The van der Waals surface area contributed by atoms with Crippen molar-refractivity contribution in [2.45, 2.75) is 26.4 Å². The molecule has 0 bridgehead atoms. The molecule has 1 aromatic carbocycles. The van der Waals surface area contributed by atoms with Crippen LogP contribution in [-0.2, 0) is 6.54 Å². The molecule has 1 rings (SSSR count). The molecule has 0 radical (unpaired) electrons. The fraction of sp³-hybridized carbons (Fsp3) is 0.571. The Morgan fingerprint density at radius 3 is 2.56 bits per heavy atom. The number of methoxy groups -OCH3 is 1. The summed E-state index contributed by atoms with van der Waals surface area (Å²) in [7, 11) is 3.60. The van der Waals surface area contributed by atoms with Crippen LogP contribution in [0.1, 0.15) is 19.4 Å². The molecule has 0 aliphatic heterocycles. The quantitative estimate of drug-likeness (QED) is 0.846. The van der Waals surface area contributed by atoms with Crippen LogP contribution in [-0.4, -0.2) is 31.6 Å². The second-order valence-corrected chi connectivity index (χ2v) is 4.92. The van der Waals surface area contributed by atoms with Crippen molar-refractivity contribution >= 4 is 0 Å². The van der Waals surface area contributed by atoms with E-state index in [1.54, 1.807) is 13.2 Å². The van der Waals surface area contributed by atoms with Crippen molar-refractivity contribution in [3.05, 3.63) is 29.6 Å². The minimum atomic E-state index is -0.243. The van der Waals surface area contributed by atoms with E-state index in [1.165, 1.54) is 12.1 Å². The summed E-state index contributed by atoms with van der Waals surface area (Å²) in [5.74, 6) is 0.926. The molecule has 0 aromatic heterocycles. The number of halogens is 1. The molecule has 1 atom stereocenters. The summed E-state index contributed by atoms with van der Waals surface area (Å²) in [6, 6.07) is 4.86. The van der Waals surface area contributed by atoms with Gasteiger partial charge in [-0.1, -0.05) is 13.8 Å². The highest BCUT2D eigenvalue weighted by Crippen LogP contribution is 2.22. The van der Waals surface area contributed by atoms with Gasteiger partial charge in [0.15, 0.2) is 0 Å². The van der Waals surface area contributed by atoms with Crippen LogP contribution >= 0.6 is 0 Å². The highest BCUT2D eigenvalue weighted by molar-refractivity contribution is 5.33. The first-order valence-electron chi connectivity index (χ1n) is 6.22. The highest BCUT2D eigenvalue weighted by atomic mass is 19.1. The third kappa shape index (κ3) is 3.68.